The average Bonchev–Trinajstić information content (AvgIpc) is 2.88. The van der Waals surface area contributed by atoms with Gasteiger partial charge >= 0.3 is 5.97 Å². The summed E-state index contributed by atoms with van der Waals surface area (Å²) in [6.07, 6.45) is 3.70. The lowest BCUT2D eigenvalue weighted by Gasteiger charge is -2.07. The number of rotatable bonds is 5. The lowest BCUT2D eigenvalue weighted by atomic mass is 10.1. The zero-order valence-corrected chi connectivity index (χ0v) is 16.1. The molecule has 5 heteroatoms. The fourth-order valence-corrected chi connectivity index (χ4v) is 3.50. The number of carboxylic acid groups (broad SMARTS) is 1. The first-order chi connectivity index (χ1) is 11.5. The maximum absolute atomic E-state index is 10.8. The Bertz CT molecular complexity index is 917. The number of hydrogen-bond donors (Lipinski definition) is 1. The third-order valence-corrected chi connectivity index (χ3v) is 5.20. The molecule has 0 amide bonds. The van der Waals surface area contributed by atoms with Crippen LogP contribution in [-0.2, 0) is 11.2 Å². The van der Waals surface area contributed by atoms with Crippen molar-refractivity contribution in [1.82, 2.24) is 4.57 Å². The lowest BCUT2D eigenvalue weighted by molar-refractivity contribution is -0.137. The molecule has 0 radical (unpaired) electrons. The molecule has 1 N–H and O–H groups in total. The molecule has 0 unspecified atom stereocenters. The second kappa shape index (κ2) is 7.15. The molecule has 124 valence electrons. The number of aliphatic carboxylic acids is 1. The number of benzene rings is 2. The SMILES string of the molecule is Cc1cc(-n2cc(CCCC(=O)O)c3cc(I)ccc32)ccc1Cl. The summed E-state index contributed by atoms with van der Waals surface area (Å²) in [7, 11) is 0. The molecule has 3 aromatic rings. The number of nitrogens with zero attached hydrogens (tertiary/aromatic N) is 1. The fourth-order valence-electron chi connectivity index (χ4n) is 2.89. The van der Waals surface area contributed by atoms with Gasteiger partial charge in [-0.25, -0.2) is 0 Å². The van der Waals surface area contributed by atoms with Gasteiger partial charge in [-0.3, -0.25) is 4.79 Å². The summed E-state index contributed by atoms with van der Waals surface area (Å²) in [6, 6.07) is 12.3. The van der Waals surface area contributed by atoms with Gasteiger partial charge in [-0.2, -0.15) is 0 Å². The second-order valence-corrected chi connectivity index (χ2v) is 7.52. The van der Waals surface area contributed by atoms with Gasteiger partial charge in [0.1, 0.15) is 0 Å². The highest BCUT2D eigenvalue weighted by atomic mass is 127. The molecule has 1 heterocycles. The van der Waals surface area contributed by atoms with Gasteiger partial charge in [0.2, 0.25) is 0 Å². The molecule has 3 rings (SSSR count). The van der Waals surface area contributed by atoms with Crippen LogP contribution >= 0.6 is 34.2 Å². The van der Waals surface area contributed by atoms with Crippen molar-refractivity contribution in [1.29, 1.82) is 0 Å². The van der Waals surface area contributed by atoms with Crippen LogP contribution in [0.15, 0.2) is 42.6 Å². The van der Waals surface area contributed by atoms with Crippen LogP contribution < -0.4 is 0 Å². The minimum Gasteiger partial charge on any atom is -0.481 e. The van der Waals surface area contributed by atoms with E-state index in [0.717, 1.165) is 28.2 Å². The molecule has 3 nitrogen and oxygen atoms in total. The second-order valence-electron chi connectivity index (χ2n) is 5.87. The number of carbonyl (C=O) groups is 1. The van der Waals surface area contributed by atoms with Crippen molar-refractivity contribution in [2.24, 2.45) is 0 Å². The highest BCUT2D eigenvalue weighted by molar-refractivity contribution is 14.1. The van der Waals surface area contributed by atoms with Crippen molar-refractivity contribution in [2.45, 2.75) is 26.2 Å². The standard InChI is InChI=1S/C19H17ClINO2/c1-12-9-15(6-7-17(12)20)22-11-13(3-2-4-19(23)24)16-10-14(21)5-8-18(16)22/h5-11H,2-4H2,1H3,(H,23,24). The van der Waals surface area contributed by atoms with E-state index >= 15 is 0 Å². The van der Waals surface area contributed by atoms with E-state index in [-0.39, 0.29) is 6.42 Å². The number of aromatic nitrogens is 1. The lowest BCUT2D eigenvalue weighted by Crippen LogP contribution is -1.95. The maximum Gasteiger partial charge on any atom is 0.303 e. The smallest absolute Gasteiger partial charge is 0.303 e. The molecule has 0 spiro atoms. The molecule has 0 fully saturated rings. The van der Waals surface area contributed by atoms with Gasteiger partial charge in [-0.05, 0) is 89.9 Å². The number of carboxylic acids is 1. The summed E-state index contributed by atoms with van der Waals surface area (Å²) in [6.45, 7) is 1.99. The van der Waals surface area contributed by atoms with E-state index in [0.29, 0.717) is 6.42 Å². The average molecular weight is 454 g/mol. The molecule has 2 aromatic carbocycles. The molecule has 0 bridgehead atoms. The van der Waals surface area contributed by atoms with E-state index in [4.69, 9.17) is 16.7 Å². The van der Waals surface area contributed by atoms with Crippen LogP contribution in [0.3, 0.4) is 0 Å². The van der Waals surface area contributed by atoms with Gasteiger partial charge in [-0.1, -0.05) is 11.6 Å². The third-order valence-electron chi connectivity index (χ3n) is 4.11. The normalized spacial score (nSPS) is 11.1. The Balaban J connectivity index is 2.07. The monoisotopic (exact) mass is 453 g/mol. The van der Waals surface area contributed by atoms with Crippen molar-refractivity contribution in [2.75, 3.05) is 0 Å². The Kier molecular flexibility index (Phi) is 5.15. The summed E-state index contributed by atoms with van der Waals surface area (Å²) in [5.41, 5.74) is 4.40. The summed E-state index contributed by atoms with van der Waals surface area (Å²) in [5, 5.41) is 10.8. The molecule has 0 atom stereocenters. The van der Waals surface area contributed by atoms with E-state index in [2.05, 4.69) is 57.6 Å². The Labute approximate surface area is 159 Å². The number of fused-ring (bicyclic) bond motifs is 1. The first-order valence-electron chi connectivity index (χ1n) is 7.73. The van der Waals surface area contributed by atoms with Crippen LogP contribution in [0.1, 0.15) is 24.0 Å². The molecule has 0 aliphatic rings. The van der Waals surface area contributed by atoms with Crippen LogP contribution in [0.2, 0.25) is 5.02 Å². The van der Waals surface area contributed by atoms with Gasteiger partial charge in [0.15, 0.2) is 0 Å². The van der Waals surface area contributed by atoms with Gasteiger partial charge in [-0.15, -0.1) is 0 Å². The van der Waals surface area contributed by atoms with Crippen molar-refractivity contribution < 1.29 is 9.90 Å². The van der Waals surface area contributed by atoms with Crippen molar-refractivity contribution >= 4 is 51.1 Å². The summed E-state index contributed by atoms with van der Waals surface area (Å²) in [5.74, 6) is -0.748. The topological polar surface area (TPSA) is 42.2 Å². The van der Waals surface area contributed by atoms with E-state index in [9.17, 15) is 4.79 Å². The molecule has 0 aliphatic carbocycles. The van der Waals surface area contributed by atoms with E-state index < -0.39 is 5.97 Å². The van der Waals surface area contributed by atoms with Crippen LogP contribution in [-0.4, -0.2) is 15.6 Å². The minimum atomic E-state index is -0.748. The van der Waals surface area contributed by atoms with E-state index in [1.54, 1.807) is 0 Å². The molecular formula is C19H17ClINO2. The van der Waals surface area contributed by atoms with E-state index in [1.165, 1.54) is 14.5 Å². The zero-order chi connectivity index (χ0) is 17.3. The number of aryl methyl sites for hydroxylation is 2. The predicted molar refractivity (Wildman–Crippen MR) is 106 cm³/mol. The highest BCUT2D eigenvalue weighted by Gasteiger charge is 2.11. The minimum absolute atomic E-state index is 0.191. The molecular weight excluding hydrogens is 437 g/mol. The Morgan fingerprint density at radius 2 is 2.04 bits per heavy atom. The number of halogens is 2. The highest BCUT2D eigenvalue weighted by Crippen LogP contribution is 2.29. The molecule has 0 saturated heterocycles. The molecule has 24 heavy (non-hydrogen) atoms. The molecule has 0 saturated carbocycles. The fraction of sp³-hybridized carbons (Fsp3) is 0.211. The van der Waals surface area contributed by atoms with Gasteiger partial charge in [0.25, 0.3) is 0 Å². The third kappa shape index (κ3) is 3.59. The summed E-state index contributed by atoms with van der Waals surface area (Å²) < 4.78 is 3.33. The number of hydrogen-bond acceptors (Lipinski definition) is 1. The largest absolute Gasteiger partial charge is 0.481 e. The molecule has 0 aliphatic heterocycles. The quantitative estimate of drug-likeness (QED) is 0.511. The Morgan fingerprint density at radius 1 is 1.25 bits per heavy atom. The van der Waals surface area contributed by atoms with Crippen LogP contribution in [0.4, 0.5) is 0 Å². The summed E-state index contributed by atoms with van der Waals surface area (Å²) >= 11 is 8.45. The van der Waals surface area contributed by atoms with Crippen LogP contribution in [0.25, 0.3) is 16.6 Å². The van der Waals surface area contributed by atoms with Crippen molar-refractivity contribution in [3.05, 3.63) is 62.3 Å². The summed E-state index contributed by atoms with van der Waals surface area (Å²) in [4.78, 5) is 10.8. The van der Waals surface area contributed by atoms with Crippen molar-refractivity contribution in [3.63, 3.8) is 0 Å². The van der Waals surface area contributed by atoms with E-state index in [1.807, 2.05) is 19.1 Å². The zero-order valence-electron chi connectivity index (χ0n) is 13.2. The van der Waals surface area contributed by atoms with Gasteiger partial charge in [0.05, 0.1) is 5.52 Å². The van der Waals surface area contributed by atoms with Gasteiger partial charge in [0, 0.05) is 32.3 Å². The predicted octanol–water partition coefficient (Wildman–Crippen LogP) is 5.60. The van der Waals surface area contributed by atoms with Crippen LogP contribution in [0.5, 0.6) is 0 Å². The van der Waals surface area contributed by atoms with Crippen LogP contribution in [0, 0.1) is 10.5 Å². The molecule has 1 aromatic heterocycles. The Morgan fingerprint density at radius 3 is 2.75 bits per heavy atom. The van der Waals surface area contributed by atoms with Gasteiger partial charge < -0.3 is 9.67 Å². The maximum atomic E-state index is 10.8. The first-order valence-corrected chi connectivity index (χ1v) is 9.19. The van der Waals surface area contributed by atoms with Crippen molar-refractivity contribution in [3.8, 4) is 5.69 Å². The Hall–Kier alpha value is -1.53. The first kappa shape index (κ1) is 17.3.